The first-order valence-corrected chi connectivity index (χ1v) is 4.64. The average Bonchev–Trinajstić information content (AvgIpc) is 2.59. The van der Waals surface area contributed by atoms with Crippen molar-refractivity contribution in [2.45, 2.75) is 13.8 Å². The maximum absolute atomic E-state index is 10.7. The van der Waals surface area contributed by atoms with Crippen LogP contribution in [0.5, 0.6) is 0 Å². The molecular formula is C12H13NO2. The zero-order valence-corrected chi connectivity index (χ0v) is 8.78. The first-order valence-electron chi connectivity index (χ1n) is 4.64. The van der Waals surface area contributed by atoms with E-state index in [1.807, 2.05) is 12.1 Å². The molecule has 1 rings (SSSR count). The van der Waals surface area contributed by atoms with E-state index in [2.05, 4.69) is 4.98 Å². The topological polar surface area (TPSA) is 49.9 Å². The minimum atomic E-state index is 0.00503. The quantitative estimate of drug-likeness (QED) is 0.763. The molecule has 0 saturated carbocycles. The van der Waals surface area contributed by atoms with Gasteiger partial charge in [-0.3, -0.25) is 9.59 Å². The fourth-order valence-corrected chi connectivity index (χ4v) is 1.04. The molecule has 0 atom stereocenters. The third-order valence-corrected chi connectivity index (χ3v) is 1.73. The number of carbonyl (C=O) groups is 2. The van der Waals surface area contributed by atoms with Crippen LogP contribution in [-0.4, -0.2) is 16.6 Å². The van der Waals surface area contributed by atoms with Gasteiger partial charge >= 0.3 is 0 Å². The lowest BCUT2D eigenvalue weighted by molar-refractivity contribution is -0.113. The number of allylic oxidation sites excluding steroid dienone is 2. The summed E-state index contributed by atoms with van der Waals surface area (Å²) >= 11 is 0. The molecule has 15 heavy (non-hydrogen) atoms. The normalized spacial score (nSPS) is 11.3. The summed E-state index contributed by atoms with van der Waals surface area (Å²) < 4.78 is 0. The van der Waals surface area contributed by atoms with Crippen LogP contribution in [0.15, 0.2) is 24.3 Å². The lowest BCUT2D eigenvalue weighted by atomic mass is 10.3. The standard InChI is InChI=1S/C12H13NO2/c1-9(14)3-5-11-7-8-12(13-11)6-4-10(2)15/h3-8,13H,1-2H3. The van der Waals surface area contributed by atoms with Gasteiger partial charge in [0.05, 0.1) is 0 Å². The molecule has 1 N–H and O–H groups in total. The third-order valence-electron chi connectivity index (χ3n) is 1.73. The van der Waals surface area contributed by atoms with Crippen LogP contribution in [0.25, 0.3) is 12.2 Å². The Morgan fingerprint density at radius 2 is 1.40 bits per heavy atom. The summed E-state index contributed by atoms with van der Waals surface area (Å²) in [7, 11) is 0. The lowest BCUT2D eigenvalue weighted by Gasteiger charge is -1.86. The van der Waals surface area contributed by atoms with E-state index < -0.39 is 0 Å². The zero-order valence-electron chi connectivity index (χ0n) is 8.78. The molecule has 1 aromatic rings. The van der Waals surface area contributed by atoms with Crippen LogP contribution < -0.4 is 0 Å². The van der Waals surface area contributed by atoms with Crippen molar-refractivity contribution in [2.75, 3.05) is 0 Å². The van der Waals surface area contributed by atoms with Crippen molar-refractivity contribution < 1.29 is 9.59 Å². The third kappa shape index (κ3) is 4.22. The fourth-order valence-electron chi connectivity index (χ4n) is 1.04. The molecule has 0 unspecified atom stereocenters. The highest BCUT2D eigenvalue weighted by Crippen LogP contribution is 2.05. The van der Waals surface area contributed by atoms with Crippen molar-refractivity contribution in [1.29, 1.82) is 0 Å². The van der Waals surface area contributed by atoms with Crippen LogP contribution in [-0.2, 0) is 9.59 Å². The summed E-state index contributed by atoms with van der Waals surface area (Å²) in [6.45, 7) is 2.99. The van der Waals surface area contributed by atoms with Crippen molar-refractivity contribution in [1.82, 2.24) is 4.98 Å². The van der Waals surface area contributed by atoms with Gasteiger partial charge in [-0.05, 0) is 50.3 Å². The number of carbonyl (C=O) groups excluding carboxylic acids is 2. The van der Waals surface area contributed by atoms with Crippen LogP contribution in [0.4, 0.5) is 0 Å². The molecule has 3 heteroatoms. The summed E-state index contributed by atoms with van der Waals surface area (Å²) in [4.78, 5) is 24.4. The SMILES string of the molecule is CC(=O)C=Cc1ccc(C=CC(C)=O)[nH]1. The minimum Gasteiger partial charge on any atom is -0.356 e. The van der Waals surface area contributed by atoms with E-state index in [4.69, 9.17) is 0 Å². The molecule has 1 heterocycles. The summed E-state index contributed by atoms with van der Waals surface area (Å²) in [5.41, 5.74) is 1.68. The molecule has 0 spiro atoms. The highest BCUT2D eigenvalue weighted by Gasteiger charge is 1.92. The number of aromatic nitrogens is 1. The van der Waals surface area contributed by atoms with E-state index in [9.17, 15) is 9.59 Å². The van der Waals surface area contributed by atoms with E-state index in [1.165, 1.54) is 26.0 Å². The van der Waals surface area contributed by atoms with Gasteiger partial charge < -0.3 is 4.98 Å². The summed E-state index contributed by atoms with van der Waals surface area (Å²) in [6, 6.07) is 3.69. The van der Waals surface area contributed by atoms with Crippen LogP contribution in [0.1, 0.15) is 25.2 Å². The first kappa shape index (κ1) is 11.2. The Kier molecular flexibility index (Phi) is 3.80. The molecule has 78 valence electrons. The van der Waals surface area contributed by atoms with E-state index in [0.29, 0.717) is 0 Å². The Labute approximate surface area is 88.5 Å². The predicted molar refractivity (Wildman–Crippen MR) is 60.2 cm³/mol. The Balaban J connectivity index is 2.72. The average molecular weight is 203 g/mol. The summed E-state index contributed by atoms with van der Waals surface area (Å²) in [6.07, 6.45) is 6.38. The number of H-pyrrole nitrogens is 1. The molecule has 0 amide bonds. The van der Waals surface area contributed by atoms with Gasteiger partial charge in [0.25, 0.3) is 0 Å². The maximum Gasteiger partial charge on any atom is 0.152 e. The molecule has 0 aliphatic carbocycles. The van der Waals surface area contributed by atoms with Crippen molar-refractivity contribution in [3.05, 3.63) is 35.7 Å². The molecule has 1 aromatic heterocycles. The van der Waals surface area contributed by atoms with Gasteiger partial charge in [-0.25, -0.2) is 0 Å². The Morgan fingerprint density at radius 1 is 1.00 bits per heavy atom. The van der Waals surface area contributed by atoms with Gasteiger partial charge in [0.2, 0.25) is 0 Å². The number of ketones is 2. The van der Waals surface area contributed by atoms with Gasteiger partial charge in [-0.2, -0.15) is 0 Å². The van der Waals surface area contributed by atoms with Crippen molar-refractivity contribution in [3.8, 4) is 0 Å². The number of rotatable bonds is 4. The predicted octanol–water partition coefficient (Wildman–Crippen LogP) is 2.22. The molecule has 0 radical (unpaired) electrons. The second kappa shape index (κ2) is 5.10. The van der Waals surface area contributed by atoms with E-state index >= 15 is 0 Å². The first-order chi connectivity index (χ1) is 7.08. The molecular weight excluding hydrogens is 190 g/mol. The number of hydrogen-bond acceptors (Lipinski definition) is 2. The van der Waals surface area contributed by atoms with Crippen molar-refractivity contribution in [2.24, 2.45) is 0 Å². The minimum absolute atomic E-state index is 0.00503. The molecule has 0 aliphatic heterocycles. The van der Waals surface area contributed by atoms with Crippen LogP contribution in [0, 0.1) is 0 Å². The summed E-state index contributed by atoms with van der Waals surface area (Å²) in [5, 5.41) is 0. The summed E-state index contributed by atoms with van der Waals surface area (Å²) in [5.74, 6) is 0.0101. The molecule has 0 saturated heterocycles. The molecule has 0 bridgehead atoms. The Hall–Kier alpha value is -1.90. The van der Waals surface area contributed by atoms with Crippen molar-refractivity contribution >= 4 is 23.7 Å². The van der Waals surface area contributed by atoms with Gasteiger partial charge in [0, 0.05) is 11.4 Å². The smallest absolute Gasteiger partial charge is 0.152 e. The lowest BCUT2D eigenvalue weighted by Crippen LogP contribution is -1.81. The second-order valence-corrected chi connectivity index (χ2v) is 3.26. The van der Waals surface area contributed by atoms with Gasteiger partial charge in [0.15, 0.2) is 11.6 Å². The fraction of sp³-hybridized carbons (Fsp3) is 0.167. The van der Waals surface area contributed by atoms with Crippen LogP contribution >= 0.6 is 0 Å². The monoisotopic (exact) mass is 203 g/mol. The molecule has 0 fully saturated rings. The van der Waals surface area contributed by atoms with Gasteiger partial charge in [-0.1, -0.05) is 0 Å². The maximum atomic E-state index is 10.7. The number of aromatic amines is 1. The molecule has 0 aliphatic rings. The van der Waals surface area contributed by atoms with Gasteiger partial charge in [0.1, 0.15) is 0 Å². The molecule has 0 aromatic carbocycles. The van der Waals surface area contributed by atoms with E-state index in [1.54, 1.807) is 12.2 Å². The van der Waals surface area contributed by atoms with Crippen molar-refractivity contribution in [3.63, 3.8) is 0 Å². The number of hydrogen-bond donors (Lipinski definition) is 1. The number of nitrogens with one attached hydrogen (secondary N) is 1. The van der Waals surface area contributed by atoms with E-state index in [-0.39, 0.29) is 11.6 Å². The van der Waals surface area contributed by atoms with Crippen LogP contribution in [0.3, 0.4) is 0 Å². The molecule has 3 nitrogen and oxygen atoms in total. The Bertz CT molecular complexity index is 386. The van der Waals surface area contributed by atoms with E-state index in [0.717, 1.165) is 11.4 Å². The zero-order chi connectivity index (χ0) is 11.3. The van der Waals surface area contributed by atoms with Crippen LogP contribution in [0.2, 0.25) is 0 Å². The van der Waals surface area contributed by atoms with Gasteiger partial charge in [-0.15, -0.1) is 0 Å². The largest absolute Gasteiger partial charge is 0.356 e. The highest BCUT2D eigenvalue weighted by molar-refractivity contribution is 5.92. The highest BCUT2D eigenvalue weighted by atomic mass is 16.1. The Morgan fingerprint density at radius 3 is 1.73 bits per heavy atom. The second-order valence-electron chi connectivity index (χ2n) is 3.26.